The van der Waals surface area contributed by atoms with Crippen molar-refractivity contribution in [2.45, 2.75) is 6.42 Å². The smallest absolute Gasteiger partial charge is 0.238 e. The second-order valence-corrected chi connectivity index (χ2v) is 4.03. The Hall–Kier alpha value is -2.34. The zero-order chi connectivity index (χ0) is 14.8. The number of carbonyl (C=O) groups is 2. The van der Waals surface area contributed by atoms with Crippen molar-refractivity contribution in [2.24, 2.45) is 5.73 Å². The maximum absolute atomic E-state index is 11.7. The van der Waals surface area contributed by atoms with Gasteiger partial charge >= 0.3 is 0 Å². The summed E-state index contributed by atoms with van der Waals surface area (Å²) < 4.78 is 5.42. The second-order valence-electron chi connectivity index (χ2n) is 4.03. The van der Waals surface area contributed by atoms with E-state index in [4.69, 9.17) is 10.5 Å². The van der Waals surface area contributed by atoms with Gasteiger partial charge in [0.2, 0.25) is 11.8 Å². The van der Waals surface area contributed by atoms with Crippen molar-refractivity contribution in [2.75, 3.05) is 25.0 Å². The van der Waals surface area contributed by atoms with Crippen LogP contribution in [0.1, 0.15) is 6.42 Å². The molecule has 108 valence electrons. The Kier molecular flexibility index (Phi) is 6.84. The first-order valence-corrected chi connectivity index (χ1v) is 6.25. The van der Waals surface area contributed by atoms with Gasteiger partial charge < -0.3 is 21.1 Å². The molecule has 0 saturated heterocycles. The molecule has 0 aliphatic rings. The topological polar surface area (TPSA) is 93.4 Å². The van der Waals surface area contributed by atoms with E-state index in [-0.39, 0.29) is 25.5 Å². The Bertz CT molecular complexity index is 474. The normalized spacial score (nSPS) is 9.80. The number of amides is 2. The van der Waals surface area contributed by atoms with Gasteiger partial charge in [0.1, 0.15) is 5.75 Å². The zero-order valence-corrected chi connectivity index (χ0v) is 11.2. The van der Waals surface area contributed by atoms with Crippen molar-refractivity contribution in [3.63, 3.8) is 0 Å². The average Bonchev–Trinajstić information content (AvgIpc) is 2.40. The average molecular weight is 277 g/mol. The number of hydrogen-bond acceptors (Lipinski definition) is 4. The first-order valence-electron chi connectivity index (χ1n) is 6.25. The van der Waals surface area contributed by atoms with E-state index in [0.717, 1.165) is 0 Å². The van der Waals surface area contributed by atoms with Gasteiger partial charge in [0, 0.05) is 6.54 Å². The lowest BCUT2D eigenvalue weighted by Gasteiger charge is -2.12. The zero-order valence-electron chi connectivity index (χ0n) is 11.2. The van der Waals surface area contributed by atoms with Crippen LogP contribution in [0, 0.1) is 0 Å². The Morgan fingerprint density at radius 1 is 1.35 bits per heavy atom. The Morgan fingerprint density at radius 2 is 2.10 bits per heavy atom. The number of anilines is 1. The number of hydrogen-bond donors (Lipinski definition) is 3. The highest BCUT2D eigenvalue weighted by Gasteiger charge is 2.07. The van der Waals surface area contributed by atoms with E-state index in [9.17, 15) is 9.59 Å². The maximum atomic E-state index is 11.7. The summed E-state index contributed by atoms with van der Waals surface area (Å²) in [6.45, 7) is 4.47. The van der Waals surface area contributed by atoms with Crippen LogP contribution in [0.3, 0.4) is 0 Å². The van der Waals surface area contributed by atoms with Crippen LogP contribution >= 0.6 is 0 Å². The summed E-state index contributed by atoms with van der Waals surface area (Å²) >= 11 is 0. The molecule has 0 aliphatic carbocycles. The van der Waals surface area contributed by atoms with Gasteiger partial charge in [-0.2, -0.15) is 0 Å². The molecule has 0 aromatic heterocycles. The predicted octanol–water partition coefficient (Wildman–Crippen LogP) is 0.655. The van der Waals surface area contributed by atoms with Crippen molar-refractivity contribution >= 4 is 17.5 Å². The molecule has 0 radical (unpaired) electrons. The number of benzene rings is 1. The highest BCUT2D eigenvalue weighted by Crippen LogP contribution is 2.23. The number of carbonyl (C=O) groups excluding carboxylic acids is 2. The molecule has 0 heterocycles. The van der Waals surface area contributed by atoms with Gasteiger partial charge in [-0.1, -0.05) is 18.2 Å². The molecule has 2 amide bonds. The number of para-hydroxylation sites is 2. The molecular formula is C14H19N3O3. The minimum Gasteiger partial charge on any atom is -0.491 e. The lowest BCUT2D eigenvalue weighted by molar-refractivity contribution is -0.118. The van der Waals surface area contributed by atoms with E-state index in [1.807, 2.05) is 0 Å². The van der Waals surface area contributed by atoms with Crippen molar-refractivity contribution < 1.29 is 14.3 Å². The molecule has 0 saturated carbocycles. The van der Waals surface area contributed by atoms with Crippen LogP contribution in [0.5, 0.6) is 5.75 Å². The van der Waals surface area contributed by atoms with Crippen LogP contribution in [0.2, 0.25) is 0 Å². The van der Waals surface area contributed by atoms with Crippen molar-refractivity contribution in [1.29, 1.82) is 0 Å². The minimum atomic E-state index is -0.430. The molecule has 0 bridgehead atoms. The van der Waals surface area contributed by atoms with E-state index in [1.165, 1.54) is 0 Å². The van der Waals surface area contributed by atoms with Crippen LogP contribution in [-0.2, 0) is 9.59 Å². The van der Waals surface area contributed by atoms with E-state index in [2.05, 4.69) is 17.2 Å². The first-order chi connectivity index (χ1) is 9.63. The van der Waals surface area contributed by atoms with Crippen molar-refractivity contribution in [3.05, 3.63) is 36.9 Å². The fourth-order valence-electron chi connectivity index (χ4n) is 1.44. The van der Waals surface area contributed by atoms with Gasteiger partial charge in [-0.15, -0.1) is 6.58 Å². The molecule has 1 aromatic rings. The molecular weight excluding hydrogens is 258 g/mol. The van der Waals surface area contributed by atoms with E-state index in [1.54, 1.807) is 30.3 Å². The number of ether oxygens (including phenoxy) is 1. The van der Waals surface area contributed by atoms with Gasteiger partial charge in [-0.25, -0.2) is 0 Å². The highest BCUT2D eigenvalue weighted by atomic mass is 16.5. The summed E-state index contributed by atoms with van der Waals surface area (Å²) in [5.74, 6) is -0.108. The molecule has 6 heteroatoms. The van der Waals surface area contributed by atoms with Gasteiger partial charge in [0.25, 0.3) is 0 Å². The van der Waals surface area contributed by atoms with Crippen molar-refractivity contribution in [1.82, 2.24) is 5.32 Å². The molecule has 20 heavy (non-hydrogen) atoms. The molecule has 0 unspecified atom stereocenters. The van der Waals surface area contributed by atoms with Gasteiger partial charge in [0.05, 0.1) is 25.3 Å². The lowest BCUT2D eigenvalue weighted by Crippen LogP contribution is -2.28. The number of nitrogens with two attached hydrogens (primary N) is 1. The first kappa shape index (κ1) is 15.7. The van der Waals surface area contributed by atoms with Gasteiger partial charge in [-0.05, 0) is 12.1 Å². The maximum Gasteiger partial charge on any atom is 0.238 e. The molecule has 4 N–H and O–H groups in total. The molecule has 6 nitrogen and oxygen atoms in total. The van der Waals surface area contributed by atoms with Gasteiger partial charge in [0.15, 0.2) is 0 Å². The number of nitrogens with one attached hydrogen (secondary N) is 2. The summed E-state index contributed by atoms with van der Waals surface area (Å²) in [6, 6.07) is 7.01. The SMILES string of the molecule is C=CCNCC(=O)Nc1ccccc1OCCC(N)=O. The van der Waals surface area contributed by atoms with Crippen molar-refractivity contribution in [3.8, 4) is 5.75 Å². The molecule has 0 atom stereocenters. The highest BCUT2D eigenvalue weighted by molar-refractivity contribution is 5.93. The molecule has 0 fully saturated rings. The molecule has 1 aromatic carbocycles. The summed E-state index contributed by atoms with van der Waals surface area (Å²) in [5, 5.41) is 5.63. The summed E-state index contributed by atoms with van der Waals surface area (Å²) in [7, 11) is 0. The third-order valence-corrected chi connectivity index (χ3v) is 2.34. The largest absolute Gasteiger partial charge is 0.491 e. The van der Waals surface area contributed by atoms with Crippen LogP contribution in [0.4, 0.5) is 5.69 Å². The van der Waals surface area contributed by atoms with Crippen LogP contribution in [0.25, 0.3) is 0 Å². The fourth-order valence-corrected chi connectivity index (χ4v) is 1.44. The summed E-state index contributed by atoms with van der Waals surface area (Å²) in [4.78, 5) is 22.3. The Balaban J connectivity index is 2.53. The quantitative estimate of drug-likeness (QED) is 0.456. The second kappa shape index (κ2) is 8.71. The standard InChI is InChI=1S/C14H19N3O3/c1-2-8-16-10-14(19)17-11-5-3-4-6-12(11)20-9-7-13(15)18/h2-6,16H,1,7-10H2,(H2,15,18)(H,17,19). The van der Waals surface area contributed by atoms with Crippen LogP contribution < -0.4 is 21.1 Å². The predicted molar refractivity (Wildman–Crippen MR) is 77.4 cm³/mol. The van der Waals surface area contributed by atoms with Crippen LogP contribution in [-0.4, -0.2) is 31.5 Å². The lowest BCUT2D eigenvalue weighted by atomic mass is 10.3. The Morgan fingerprint density at radius 3 is 2.80 bits per heavy atom. The third kappa shape index (κ3) is 6.01. The van der Waals surface area contributed by atoms with Crippen LogP contribution in [0.15, 0.2) is 36.9 Å². The number of primary amides is 1. The van der Waals surface area contributed by atoms with Gasteiger partial charge in [-0.3, -0.25) is 9.59 Å². The third-order valence-electron chi connectivity index (χ3n) is 2.34. The van der Waals surface area contributed by atoms with E-state index < -0.39 is 5.91 Å². The number of rotatable bonds is 9. The van der Waals surface area contributed by atoms with E-state index >= 15 is 0 Å². The fraction of sp³-hybridized carbons (Fsp3) is 0.286. The molecule has 0 spiro atoms. The van der Waals surface area contributed by atoms with E-state index in [0.29, 0.717) is 18.0 Å². The monoisotopic (exact) mass is 277 g/mol. The minimum absolute atomic E-state index is 0.128. The summed E-state index contributed by atoms with van der Waals surface area (Å²) in [5.41, 5.74) is 5.60. The molecule has 1 rings (SSSR count). The Labute approximate surface area is 118 Å². The molecule has 0 aliphatic heterocycles. The summed E-state index contributed by atoms with van der Waals surface area (Å²) in [6.07, 6.45) is 1.80.